The van der Waals surface area contributed by atoms with E-state index in [1.165, 1.54) is 75.0 Å². The molecule has 3 fully saturated rings. The fourth-order valence-corrected chi connectivity index (χ4v) is 5.80. The molecule has 3 aliphatic rings. The molecule has 3 aliphatic heterocycles. The number of guanidine groups is 1. The molecule has 4 rings (SSSR count). The number of rotatable bonds is 4. The van der Waals surface area contributed by atoms with Gasteiger partial charge in [0.2, 0.25) is 0 Å². The van der Waals surface area contributed by atoms with E-state index in [0.29, 0.717) is 0 Å². The summed E-state index contributed by atoms with van der Waals surface area (Å²) in [7, 11) is 4.18. The van der Waals surface area contributed by atoms with E-state index in [1.54, 1.807) is 0 Å². The second kappa shape index (κ2) is 10.5. The molecular formula is C26H43N5O. The molecule has 0 bridgehead atoms. The van der Waals surface area contributed by atoms with Crippen LogP contribution in [0.15, 0.2) is 23.2 Å². The molecule has 1 aromatic rings. The second-order valence-corrected chi connectivity index (χ2v) is 10.1. The molecule has 0 spiro atoms. The zero-order valence-electron chi connectivity index (χ0n) is 20.7. The molecule has 0 radical (unpaired) electrons. The normalized spacial score (nSPS) is 25.7. The maximum Gasteiger partial charge on any atom is 0.193 e. The smallest absolute Gasteiger partial charge is 0.193 e. The third-order valence-electron chi connectivity index (χ3n) is 7.87. The summed E-state index contributed by atoms with van der Waals surface area (Å²) in [6.45, 7) is 12.7. The Morgan fingerprint density at radius 1 is 1.09 bits per heavy atom. The van der Waals surface area contributed by atoms with Gasteiger partial charge in [-0.05, 0) is 83.9 Å². The van der Waals surface area contributed by atoms with Gasteiger partial charge in [-0.3, -0.25) is 9.89 Å². The molecule has 32 heavy (non-hydrogen) atoms. The SMILES string of the molecule is CN=C(NCC1(N2CCCCC2)CCN(C)CC1)N1CCOC(c2ccc(C)cc2C)C1. The zero-order chi connectivity index (χ0) is 22.6. The molecule has 0 aromatic heterocycles. The van der Waals surface area contributed by atoms with Crippen LogP contribution in [-0.4, -0.2) is 92.7 Å². The minimum atomic E-state index is 0.0993. The van der Waals surface area contributed by atoms with Crippen molar-refractivity contribution in [2.45, 2.75) is 57.6 Å². The second-order valence-electron chi connectivity index (χ2n) is 10.1. The third-order valence-corrected chi connectivity index (χ3v) is 7.87. The Labute approximate surface area is 195 Å². The summed E-state index contributed by atoms with van der Waals surface area (Å²) in [4.78, 5) is 12.4. The molecule has 6 nitrogen and oxygen atoms in total. The predicted octanol–water partition coefficient (Wildman–Crippen LogP) is 3.20. The van der Waals surface area contributed by atoms with Crippen LogP contribution in [-0.2, 0) is 4.74 Å². The fraction of sp³-hybridized carbons (Fsp3) is 0.731. The Morgan fingerprint density at radius 3 is 2.53 bits per heavy atom. The highest BCUT2D eigenvalue weighted by Gasteiger charge is 2.40. The molecule has 178 valence electrons. The number of piperidine rings is 2. The summed E-state index contributed by atoms with van der Waals surface area (Å²) in [6, 6.07) is 6.69. The topological polar surface area (TPSA) is 43.3 Å². The van der Waals surface area contributed by atoms with E-state index in [4.69, 9.17) is 9.73 Å². The number of aliphatic imine (C=N–C) groups is 1. The van der Waals surface area contributed by atoms with Gasteiger partial charge in [-0.15, -0.1) is 0 Å². The van der Waals surface area contributed by atoms with Crippen molar-refractivity contribution in [3.05, 3.63) is 34.9 Å². The Balaban J connectivity index is 1.43. The van der Waals surface area contributed by atoms with Gasteiger partial charge in [-0.25, -0.2) is 0 Å². The van der Waals surface area contributed by atoms with E-state index in [-0.39, 0.29) is 11.6 Å². The minimum absolute atomic E-state index is 0.0993. The highest BCUT2D eigenvalue weighted by molar-refractivity contribution is 5.80. The van der Waals surface area contributed by atoms with Crippen molar-refractivity contribution in [3.8, 4) is 0 Å². The van der Waals surface area contributed by atoms with Gasteiger partial charge in [0.1, 0.15) is 6.10 Å². The maximum absolute atomic E-state index is 6.19. The summed E-state index contributed by atoms with van der Waals surface area (Å²) in [6.07, 6.45) is 6.64. The highest BCUT2D eigenvalue weighted by Crippen LogP contribution is 2.31. The minimum Gasteiger partial charge on any atom is -0.370 e. The molecule has 6 heteroatoms. The van der Waals surface area contributed by atoms with Gasteiger partial charge in [0.05, 0.1) is 13.2 Å². The highest BCUT2D eigenvalue weighted by atomic mass is 16.5. The van der Waals surface area contributed by atoms with Gasteiger partial charge in [0, 0.05) is 25.7 Å². The number of morpholine rings is 1. The lowest BCUT2D eigenvalue weighted by molar-refractivity contribution is -0.00984. The van der Waals surface area contributed by atoms with Gasteiger partial charge < -0.3 is 19.9 Å². The average molecular weight is 442 g/mol. The van der Waals surface area contributed by atoms with Crippen molar-refractivity contribution in [2.75, 3.05) is 66.5 Å². The van der Waals surface area contributed by atoms with Crippen molar-refractivity contribution >= 4 is 5.96 Å². The Hall–Kier alpha value is -1.63. The number of hydrogen-bond donors (Lipinski definition) is 1. The quantitative estimate of drug-likeness (QED) is 0.574. The standard InChI is InChI=1S/C26H43N5O/c1-21-8-9-23(22(2)18-21)24-19-30(16-17-32-24)25(27-3)28-20-26(10-14-29(4)15-11-26)31-12-6-5-7-13-31/h8-9,18,24H,5-7,10-17,19-20H2,1-4H3,(H,27,28). The van der Waals surface area contributed by atoms with E-state index in [2.05, 4.69) is 59.1 Å². The van der Waals surface area contributed by atoms with Crippen LogP contribution in [0.2, 0.25) is 0 Å². The van der Waals surface area contributed by atoms with Gasteiger partial charge in [0.15, 0.2) is 5.96 Å². The molecule has 0 saturated carbocycles. The molecule has 0 aliphatic carbocycles. The van der Waals surface area contributed by atoms with E-state index >= 15 is 0 Å². The Bertz CT molecular complexity index is 780. The van der Waals surface area contributed by atoms with Crippen molar-refractivity contribution in [1.82, 2.24) is 20.0 Å². The van der Waals surface area contributed by atoms with Crippen LogP contribution in [0, 0.1) is 13.8 Å². The zero-order valence-corrected chi connectivity index (χ0v) is 20.7. The van der Waals surface area contributed by atoms with Crippen molar-refractivity contribution in [1.29, 1.82) is 0 Å². The third kappa shape index (κ3) is 5.29. The number of likely N-dealkylation sites (tertiary alicyclic amines) is 2. The first kappa shape index (κ1) is 23.5. The molecule has 3 saturated heterocycles. The summed E-state index contributed by atoms with van der Waals surface area (Å²) in [5.41, 5.74) is 4.17. The number of ether oxygens (including phenoxy) is 1. The number of aryl methyl sites for hydroxylation is 2. The molecule has 1 unspecified atom stereocenters. The molecular weight excluding hydrogens is 398 g/mol. The lowest BCUT2D eigenvalue weighted by atomic mass is 9.84. The van der Waals surface area contributed by atoms with Crippen molar-refractivity contribution < 1.29 is 4.74 Å². The van der Waals surface area contributed by atoms with Crippen molar-refractivity contribution in [2.24, 2.45) is 4.99 Å². The summed E-state index contributed by atoms with van der Waals surface area (Å²) in [5.74, 6) is 1.03. The number of nitrogens with one attached hydrogen (secondary N) is 1. The van der Waals surface area contributed by atoms with Crippen LogP contribution in [0.3, 0.4) is 0 Å². The van der Waals surface area contributed by atoms with Crippen LogP contribution in [0.5, 0.6) is 0 Å². The van der Waals surface area contributed by atoms with Crippen LogP contribution < -0.4 is 5.32 Å². The average Bonchev–Trinajstić information content (AvgIpc) is 2.82. The van der Waals surface area contributed by atoms with Crippen LogP contribution in [0.25, 0.3) is 0 Å². The molecule has 1 N–H and O–H groups in total. The van der Waals surface area contributed by atoms with E-state index < -0.39 is 0 Å². The number of nitrogens with zero attached hydrogens (tertiary/aromatic N) is 4. The number of hydrogen-bond acceptors (Lipinski definition) is 4. The van der Waals surface area contributed by atoms with Gasteiger partial charge in [-0.2, -0.15) is 0 Å². The van der Waals surface area contributed by atoms with Crippen LogP contribution in [0.4, 0.5) is 0 Å². The first-order chi connectivity index (χ1) is 15.5. The first-order valence-electron chi connectivity index (χ1n) is 12.6. The van der Waals surface area contributed by atoms with Crippen LogP contribution >= 0.6 is 0 Å². The summed E-state index contributed by atoms with van der Waals surface area (Å²) in [5, 5.41) is 3.82. The van der Waals surface area contributed by atoms with E-state index in [1.807, 2.05) is 7.05 Å². The maximum atomic E-state index is 6.19. The lowest BCUT2D eigenvalue weighted by Crippen LogP contribution is -2.62. The van der Waals surface area contributed by atoms with Gasteiger partial charge in [-0.1, -0.05) is 30.2 Å². The Morgan fingerprint density at radius 2 is 1.84 bits per heavy atom. The van der Waals surface area contributed by atoms with E-state index in [9.17, 15) is 0 Å². The van der Waals surface area contributed by atoms with Gasteiger partial charge >= 0.3 is 0 Å². The molecule has 1 aromatic carbocycles. The lowest BCUT2D eigenvalue weighted by Gasteiger charge is -2.50. The fourth-order valence-electron chi connectivity index (χ4n) is 5.80. The monoisotopic (exact) mass is 441 g/mol. The predicted molar refractivity (Wildman–Crippen MR) is 132 cm³/mol. The molecule has 0 amide bonds. The van der Waals surface area contributed by atoms with Crippen LogP contribution in [0.1, 0.15) is 54.9 Å². The Kier molecular flexibility index (Phi) is 7.74. The van der Waals surface area contributed by atoms with Crippen molar-refractivity contribution in [3.63, 3.8) is 0 Å². The number of benzene rings is 1. The first-order valence-corrected chi connectivity index (χ1v) is 12.6. The largest absolute Gasteiger partial charge is 0.370 e. The van der Waals surface area contributed by atoms with Gasteiger partial charge in [0.25, 0.3) is 0 Å². The molecule has 1 atom stereocenters. The van der Waals surface area contributed by atoms with E-state index in [0.717, 1.165) is 32.2 Å². The summed E-state index contributed by atoms with van der Waals surface area (Å²) < 4.78 is 6.19. The molecule has 3 heterocycles. The summed E-state index contributed by atoms with van der Waals surface area (Å²) >= 11 is 0.